The molecule has 0 spiro atoms. The average molecular weight is 524 g/mol. The van der Waals surface area contributed by atoms with E-state index in [-0.39, 0.29) is 25.5 Å². The summed E-state index contributed by atoms with van der Waals surface area (Å²) in [5.74, 6) is -2.58. The largest absolute Gasteiger partial charge is 0.433 e. The van der Waals surface area contributed by atoms with Gasteiger partial charge in [0.1, 0.15) is 18.1 Å². The Morgan fingerprint density at radius 2 is 1.84 bits per heavy atom. The lowest BCUT2D eigenvalue weighted by Gasteiger charge is -2.34. The molecule has 5 atom stereocenters. The van der Waals surface area contributed by atoms with Crippen molar-refractivity contribution < 1.29 is 41.8 Å². The molecule has 2 unspecified atom stereocenters. The van der Waals surface area contributed by atoms with Crippen LogP contribution >= 0.6 is 0 Å². The van der Waals surface area contributed by atoms with Crippen molar-refractivity contribution in [3.63, 3.8) is 0 Å². The molecular weight excluding hydrogens is 495 g/mol. The Bertz CT molecular complexity index is 1090. The highest BCUT2D eigenvalue weighted by Crippen LogP contribution is 2.33. The summed E-state index contributed by atoms with van der Waals surface area (Å²) in [5.41, 5.74) is -1.69. The van der Waals surface area contributed by atoms with Gasteiger partial charge in [0, 0.05) is 12.6 Å². The maximum Gasteiger partial charge on any atom is 0.417 e. The van der Waals surface area contributed by atoms with E-state index in [2.05, 4.69) is 10.6 Å². The second-order valence-electron chi connectivity index (χ2n) is 9.14. The second-order valence-corrected chi connectivity index (χ2v) is 9.14. The molecule has 9 nitrogen and oxygen atoms in total. The number of amides is 3. The van der Waals surface area contributed by atoms with Crippen LogP contribution in [-0.2, 0) is 30.0 Å². The lowest BCUT2D eigenvalue weighted by molar-refractivity contribution is -0.164. The van der Waals surface area contributed by atoms with Gasteiger partial charge < -0.3 is 25.0 Å². The molecule has 0 saturated carbocycles. The fourth-order valence-electron chi connectivity index (χ4n) is 5.00. The zero-order valence-electron chi connectivity index (χ0n) is 20.1. The summed E-state index contributed by atoms with van der Waals surface area (Å²) in [6, 6.07) is 1.30. The zero-order chi connectivity index (χ0) is 26.7. The van der Waals surface area contributed by atoms with E-state index in [0.717, 1.165) is 12.1 Å². The highest BCUT2D eigenvalue weighted by molar-refractivity contribution is 6.00. The van der Waals surface area contributed by atoms with Crippen LogP contribution in [0, 0.1) is 0 Å². The number of esters is 1. The lowest BCUT2D eigenvalue weighted by atomic mass is 10.0. The number of hydrogen-bond donors (Lipinski definition) is 2. The van der Waals surface area contributed by atoms with Gasteiger partial charge in [-0.3, -0.25) is 19.2 Å². The summed E-state index contributed by atoms with van der Waals surface area (Å²) in [6.45, 7) is 1.99. The number of benzene rings is 1. The monoisotopic (exact) mass is 523 g/mol. The van der Waals surface area contributed by atoms with Crippen LogP contribution in [0.3, 0.4) is 0 Å². The van der Waals surface area contributed by atoms with Crippen molar-refractivity contribution in [2.45, 2.75) is 75.7 Å². The molecule has 0 aromatic heterocycles. The second kappa shape index (κ2) is 10.9. The number of alkyl halides is 3. The van der Waals surface area contributed by atoms with E-state index in [1.54, 1.807) is 13.0 Å². The van der Waals surface area contributed by atoms with Crippen LogP contribution < -0.4 is 10.6 Å². The van der Waals surface area contributed by atoms with Crippen LogP contribution in [0.25, 0.3) is 0 Å². The van der Waals surface area contributed by atoms with Crippen molar-refractivity contribution in [2.75, 3.05) is 6.61 Å². The van der Waals surface area contributed by atoms with E-state index < -0.39 is 65.4 Å². The number of halogens is 3. The Kier molecular flexibility index (Phi) is 7.86. The molecule has 2 fully saturated rings. The van der Waals surface area contributed by atoms with Gasteiger partial charge in [0.2, 0.25) is 18.1 Å². The molecule has 3 heterocycles. The predicted octanol–water partition coefficient (Wildman–Crippen LogP) is 2.31. The quantitative estimate of drug-likeness (QED) is 0.437. The van der Waals surface area contributed by atoms with Gasteiger partial charge in [-0.25, -0.2) is 0 Å². The fourth-order valence-corrected chi connectivity index (χ4v) is 5.00. The molecule has 1 aromatic rings. The minimum Gasteiger partial charge on any atom is -0.433 e. The molecule has 0 bridgehead atoms. The fraction of sp³-hybridized carbons (Fsp3) is 0.520. The summed E-state index contributed by atoms with van der Waals surface area (Å²) < 4.78 is 50.7. The van der Waals surface area contributed by atoms with E-state index >= 15 is 0 Å². The summed E-state index contributed by atoms with van der Waals surface area (Å²) in [5, 5.41) is 5.19. The molecule has 3 aliphatic rings. The summed E-state index contributed by atoms with van der Waals surface area (Å²) >= 11 is 0. The molecule has 2 N–H and O–H groups in total. The molecule has 0 aliphatic carbocycles. The number of ether oxygens (including phenoxy) is 2. The molecule has 3 aliphatic heterocycles. The number of carbonyl (C=O) groups excluding carboxylic acids is 4. The normalized spacial score (nSPS) is 27.8. The van der Waals surface area contributed by atoms with Crippen molar-refractivity contribution in [3.05, 3.63) is 47.5 Å². The first-order chi connectivity index (χ1) is 17.6. The molecular formula is C25H28F3N3O6. The number of nitrogens with one attached hydrogen (secondary N) is 2. The van der Waals surface area contributed by atoms with Crippen molar-refractivity contribution in [2.24, 2.45) is 0 Å². The van der Waals surface area contributed by atoms with Crippen molar-refractivity contribution in [3.8, 4) is 0 Å². The Labute approximate surface area is 211 Å². The topological polar surface area (TPSA) is 114 Å². The Hall–Kier alpha value is -3.41. The maximum atomic E-state index is 13.6. The van der Waals surface area contributed by atoms with E-state index in [9.17, 15) is 32.3 Å². The minimum absolute atomic E-state index is 0.0632. The predicted molar refractivity (Wildman–Crippen MR) is 123 cm³/mol. The van der Waals surface area contributed by atoms with E-state index in [4.69, 9.17) is 9.47 Å². The number of fused-ring (bicyclic) bond motifs is 1. The Morgan fingerprint density at radius 3 is 2.57 bits per heavy atom. The third-order valence-electron chi connectivity index (χ3n) is 6.71. The number of rotatable bonds is 6. The average Bonchev–Trinajstić information content (AvgIpc) is 3.41. The van der Waals surface area contributed by atoms with Crippen LogP contribution in [0.15, 0.2) is 36.4 Å². The zero-order valence-corrected chi connectivity index (χ0v) is 20.1. The Morgan fingerprint density at radius 1 is 1.11 bits per heavy atom. The first-order valence-electron chi connectivity index (χ1n) is 12.2. The molecule has 37 heavy (non-hydrogen) atoms. The lowest BCUT2D eigenvalue weighted by Crippen LogP contribution is -2.57. The summed E-state index contributed by atoms with van der Waals surface area (Å²) in [7, 11) is 0. The molecule has 3 amide bonds. The van der Waals surface area contributed by atoms with Crippen molar-refractivity contribution in [1.82, 2.24) is 15.5 Å². The van der Waals surface area contributed by atoms with E-state index in [1.807, 2.05) is 6.08 Å². The van der Waals surface area contributed by atoms with Gasteiger partial charge in [0.15, 0.2) is 0 Å². The maximum absolute atomic E-state index is 13.6. The van der Waals surface area contributed by atoms with Crippen molar-refractivity contribution >= 4 is 23.7 Å². The van der Waals surface area contributed by atoms with E-state index in [0.29, 0.717) is 19.3 Å². The van der Waals surface area contributed by atoms with E-state index in [1.165, 1.54) is 17.0 Å². The molecule has 200 valence electrons. The van der Waals surface area contributed by atoms with Crippen LogP contribution in [0.1, 0.15) is 54.9 Å². The third-order valence-corrected chi connectivity index (χ3v) is 6.71. The van der Waals surface area contributed by atoms with Crippen molar-refractivity contribution in [1.29, 1.82) is 0 Å². The highest BCUT2D eigenvalue weighted by atomic mass is 19.4. The SMILES string of the molecule is CCOC1OC(=O)CC1NC(=O)[C@@H]1CC[C@H]2CC=CC[C@H](NC(=O)c3ccccc3C(F)(F)F)C(=O)N21. The number of carbonyl (C=O) groups is 4. The molecule has 12 heteroatoms. The molecule has 2 saturated heterocycles. The molecule has 0 radical (unpaired) electrons. The first-order valence-corrected chi connectivity index (χ1v) is 12.2. The summed E-state index contributed by atoms with van der Waals surface area (Å²) in [6.07, 6.45) is -0.750. The van der Waals surface area contributed by atoms with Gasteiger partial charge in [-0.05, 0) is 44.7 Å². The highest BCUT2D eigenvalue weighted by Gasteiger charge is 2.46. The van der Waals surface area contributed by atoms with Gasteiger partial charge in [0.25, 0.3) is 5.91 Å². The summed E-state index contributed by atoms with van der Waals surface area (Å²) in [4.78, 5) is 52.7. The van der Waals surface area contributed by atoms with Crippen LogP contribution in [0.5, 0.6) is 0 Å². The van der Waals surface area contributed by atoms with Crippen LogP contribution in [-0.4, -0.2) is 65.7 Å². The number of hydrogen-bond acceptors (Lipinski definition) is 6. The first kappa shape index (κ1) is 26.6. The van der Waals surface area contributed by atoms with Gasteiger partial charge in [-0.2, -0.15) is 13.2 Å². The standard InChI is InChI=1S/C25H28F3N3O6/c1-2-36-24-18(13-20(32)37-24)30-22(34)19-12-11-14-7-3-6-10-17(23(35)31(14)19)29-21(33)15-8-4-5-9-16(15)25(26,27)28/h3-6,8-9,14,17-19,24H,2,7,10-13H2,1H3,(H,29,33)(H,30,34)/t14-,17+,18?,19+,24?/m1/s1. The Balaban J connectivity index is 1.51. The third kappa shape index (κ3) is 5.79. The van der Waals surface area contributed by atoms with Gasteiger partial charge >= 0.3 is 12.1 Å². The number of nitrogens with zero attached hydrogens (tertiary/aromatic N) is 1. The van der Waals surface area contributed by atoms with Crippen LogP contribution in [0.2, 0.25) is 0 Å². The minimum atomic E-state index is -4.74. The van der Waals surface area contributed by atoms with Gasteiger partial charge in [-0.15, -0.1) is 0 Å². The van der Waals surface area contributed by atoms with Gasteiger partial charge in [0.05, 0.1) is 17.5 Å². The van der Waals surface area contributed by atoms with Crippen LogP contribution in [0.4, 0.5) is 13.2 Å². The molecule has 1 aromatic carbocycles. The smallest absolute Gasteiger partial charge is 0.417 e. The molecule has 4 rings (SSSR count). The number of cyclic esters (lactones) is 1. The van der Waals surface area contributed by atoms with Gasteiger partial charge in [-0.1, -0.05) is 24.3 Å².